The van der Waals surface area contributed by atoms with Gasteiger partial charge in [-0.2, -0.15) is 8.78 Å². The second-order valence-electron chi connectivity index (χ2n) is 6.26. The summed E-state index contributed by atoms with van der Waals surface area (Å²) in [6.45, 7) is 1.22. The molecule has 0 N–H and O–H groups in total. The van der Waals surface area contributed by atoms with Crippen LogP contribution in [0.3, 0.4) is 0 Å². The Bertz CT molecular complexity index is 914. The molecular formula is C21H18F4OSi. The van der Waals surface area contributed by atoms with Crippen molar-refractivity contribution in [2.45, 2.75) is 19.1 Å². The monoisotopic (exact) mass is 390 g/mol. The average molecular weight is 390 g/mol. The molecule has 0 aromatic heterocycles. The van der Waals surface area contributed by atoms with E-state index in [4.69, 9.17) is 0 Å². The molecule has 0 fully saturated rings. The van der Waals surface area contributed by atoms with Crippen molar-refractivity contribution in [3.8, 4) is 16.9 Å². The van der Waals surface area contributed by atoms with Crippen molar-refractivity contribution in [1.29, 1.82) is 0 Å². The van der Waals surface area contributed by atoms with E-state index in [-0.39, 0.29) is 5.56 Å². The third kappa shape index (κ3) is 4.22. The van der Waals surface area contributed by atoms with E-state index < -0.39 is 29.1 Å². The molecule has 3 aromatic carbocycles. The van der Waals surface area contributed by atoms with Crippen LogP contribution in [0.2, 0.25) is 0 Å². The topological polar surface area (TPSA) is 9.23 Å². The highest BCUT2D eigenvalue weighted by Crippen LogP contribution is 2.34. The molecule has 0 amide bonds. The maximum Gasteiger partial charge on any atom is 0.426 e. The van der Waals surface area contributed by atoms with Crippen molar-refractivity contribution in [2.75, 3.05) is 0 Å². The first-order chi connectivity index (χ1) is 12.8. The van der Waals surface area contributed by atoms with E-state index in [0.717, 1.165) is 39.5 Å². The zero-order valence-corrected chi connectivity index (χ0v) is 16.9. The Hall–Kier alpha value is -2.60. The van der Waals surface area contributed by atoms with Crippen molar-refractivity contribution in [3.63, 3.8) is 0 Å². The lowest BCUT2D eigenvalue weighted by atomic mass is 10.0. The summed E-state index contributed by atoms with van der Waals surface area (Å²) in [6, 6.07) is 16.1. The van der Waals surface area contributed by atoms with Crippen LogP contribution in [0.15, 0.2) is 60.7 Å². The second-order valence-corrected chi connectivity index (χ2v) is 6.97. The smallest absolute Gasteiger partial charge is 0.426 e. The molecule has 27 heavy (non-hydrogen) atoms. The van der Waals surface area contributed by atoms with Gasteiger partial charge in [-0.3, -0.25) is 0 Å². The first-order valence-corrected chi connectivity index (χ1v) is 9.94. The summed E-state index contributed by atoms with van der Waals surface area (Å²) in [5, 5.41) is 0. The van der Waals surface area contributed by atoms with Crippen LogP contribution in [0.1, 0.15) is 16.7 Å². The first kappa shape index (κ1) is 19.2. The molecule has 3 rings (SSSR count). The Labute approximate surface area is 158 Å². The quantitative estimate of drug-likeness (QED) is 0.443. The summed E-state index contributed by atoms with van der Waals surface area (Å²) in [5.41, 5.74) is 2.32. The summed E-state index contributed by atoms with van der Waals surface area (Å²) in [7, 11) is 1.08. The van der Waals surface area contributed by atoms with E-state index in [2.05, 4.69) is 4.74 Å². The van der Waals surface area contributed by atoms with Crippen LogP contribution >= 0.6 is 0 Å². The van der Waals surface area contributed by atoms with Gasteiger partial charge in [-0.15, -0.1) is 0 Å². The van der Waals surface area contributed by atoms with Crippen molar-refractivity contribution in [2.24, 2.45) is 0 Å². The van der Waals surface area contributed by atoms with E-state index in [1.165, 1.54) is 24.6 Å². The molecule has 0 heterocycles. The molecule has 6 heteroatoms. The highest BCUT2D eigenvalue weighted by Gasteiger charge is 2.35. The number of hydrogen-bond acceptors (Lipinski definition) is 1. The van der Waals surface area contributed by atoms with Crippen molar-refractivity contribution < 1.29 is 22.3 Å². The van der Waals surface area contributed by atoms with Gasteiger partial charge in [-0.1, -0.05) is 42.0 Å². The van der Waals surface area contributed by atoms with Gasteiger partial charge in [0, 0.05) is 27.9 Å². The van der Waals surface area contributed by atoms with Crippen LogP contribution in [0, 0.1) is 18.6 Å². The first-order valence-electron chi connectivity index (χ1n) is 8.52. The van der Waals surface area contributed by atoms with Crippen LogP contribution in [-0.4, -0.2) is 10.2 Å². The average Bonchev–Trinajstić information content (AvgIpc) is 2.66. The van der Waals surface area contributed by atoms with E-state index >= 15 is 0 Å². The van der Waals surface area contributed by atoms with E-state index in [1.54, 1.807) is 12.1 Å². The highest BCUT2D eigenvalue weighted by atomic mass is 28.1. The standard InChI is InChI=1S/C21H18F4OSi/c1-13-19(22)10-18(11-20(13)23)26-21(24,25)17-8-6-16(7-9-17)15-4-2-14(12-27)3-5-15/h2-11H,12H2,1,27H3. The fourth-order valence-electron chi connectivity index (χ4n) is 2.68. The Morgan fingerprint density at radius 3 is 1.81 bits per heavy atom. The SMILES string of the molecule is Cc1c(F)cc(OC(F)(F)c2ccc(-c3ccc(C[SiH3])cc3)cc2)cc1F. The van der Waals surface area contributed by atoms with Gasteiger partial charge >= 0.3 is 6.11 Å². The molecule has 1 nitrogen and oxygen atoms in total. The minimum absolute atomic E-state index is 0.244. The lowest BCUT2D eigenvalue weighted by Crippen LogP contribution is -2.22. The fraction of sp³-hybridized carbons (Fsp3) is 0.143. The molecule has 0 unspecified atom stereocenters. The summed E-state index contributed by atoms with van der Waals surface area (Å²) >= 11 is 0. The third-order valence-corrected chi connectivity index (χ3v) is 5.23. The molecule has 0 spiro atoms. The lowest BCUT2D eigenvalue weighted by molar-refractivity contribution is -0.185. The van der Waals surface area contributed by atoms with Crippen molar-refractivity contribution in [3.05, 3.63) is 89.0 Å². The lowest BCUT2D eigenvalue weighted by Gasteiger charge is -2.19. The van der Waals surface area contributed by atoms with Crippen LogP contribution < -0.4 is 4.74 Å². The largest absolute Gasteiger partial charge is 0.429 e. The third-order valence-electron chi connectivity index (χ3n) is 4.42. The minimum atomic E-state index is -3.72. The molecule has 3 aromatic rings. The van der Waals surface area contributed by atoms with Gasteiger partial charge in [0.25, 0.3) is 0 Å². The summed E-state index contributed by atoms with van der Waals surface area (Å²) < 4.78 is 60.4. The molecule has 0 aliphatic heterocycles. The number of ether oxygens (including phenoxy) is 1. The zero-order valence-electron chi connectivity index (χ0n) is 14.9. The molecule has 0 bridgehead atoms. The molecule has 0 aliphatic rings. The fourth-order valence-corrected chi connectivity index (χ4v) is 3.15. The van der Waals surface area contributed by atoms with Gasteiger partial charge in [-0.05, 0) is 36.2 Å². The van der Waals surface area contributed by atoms with Crippen LogP contribution in [-0.2, 0) is 12.2 Å². The Kier molecular flexibility index (Phi) is 5.37. The molecule has 0 atom stereocenters. The Balaban J connectivity index is 1.82. The number of halogens is 4. The molecule has 0 aliphatic carbocycles. The van der Waals surface area contributed by atoms with Crippen LogP contribution in [0.5, 0.6) is 5.75 Å². The van der Waals surface area contributed by atoms with E-state index in [1.807, 2.05) is 24.3 Å². The van der Waals surface area contributed by atoms with Gasteiger partial charge in [0.15, 0.2) is 0 Å². The molecule has 0 saturated heterocycles. The summed E-state index contributed by atoms with van der Waals surface area (Å²) in [5.74, 6) is -2.44. The maximum absolute atomic E-state index is 14.4. The van der Waals surface area contributed by atoms with Gasteiger partial charge in [0.2, 0.25) is 0 Å². The Morgan fingerprint density at radius 2 is 1.33 bits per heavy atom. The number of rotatable bonds is 5. The van der Waals surface area contributed by atoms with E-state index in [9.17, 15) is 17.6 Å². The number of alkyl halides is 2. The molecular weight excluding hydrogens is 372 g/mol. The molecule has 0 radical (unpaired) electrons. The predicted molar refractivity (Wildman–Crippen MR) is 101 cm³/mol. The normalized spacial score (nSPS) is 11.6. The summed E-state index contributed by atoms with van der Waals surface area (Å²) in [4.78, 5) is 0. The number of hydrogen-bond donors (Lipinski definition) is 0. The van der Waals surface area contributed by atoms with E-state index in [0.29, 0.717) is 0 Å². The van der Waals surface area contributed by atoms with Crippen molar-refractivity contribution in [1.82, 2.24) is 0 Å². The Morgan fingerprint density at radius 1 is 0.852 bits per heavy atom. The molecule has 0 saturated carbocycles. The van der Waals surface area contributed by atoms with Crippen LogP contribution in [0.25, 0.3) is 11.1 Å². The second kappa shape index (κ2) is 7.56. The minimum Gasteiger partial charge on any atom is -0.429 e. The van der Waals surface area contributed by atoms with Crippen molar-refractivity contribution >= 4 is 10.2 Å². The van der Waals surface area contributed by atoms with Gasteiger partial charge in [0.1, 0.15) is 17.4 Å². The number of benzene rings is 3. The highest BCUT2D eigenvalue weighted by molar-refractivity contribution is 6.08. The summed E-state index contributed by atoms with van der Waals surface area (Å²) in [6.07, 6.45) is -3.72. The van der Waals surface area contributed by atoms with Gasteiger partial charge in [0.05, 0.1) is 5.56 Å². The zero-order chi connectivity index (χ0) is 19.6. The van der Waals surface area contributed by atoms with Crippen LogP contribution in [0.4, 0.5) is 17.6 Å². The molecule has 140 valence electrons. The predicted octanol–water partition coefficient (Wildman–Crippen LogP) is 4.93. The van der Waals surface area contributed by atoms with Gasteiger partial charge < -0.3 is 4.74 Å². The maximum atomic E-state index is 14.4. The van der Waals surface area contributed by atoms with Gasteiger partial charge in [-0.25, -0.2) is 8.78 Å².